The van der Waals surface area contributed by atoms with Gasteiger partial charge in [0, 0.05) is 45.0 Å². The molecule has 2 nitrogen and oxygen atoms in total. The molecule has 2 aliphatic carbocycles. The summed E-state index contributed by atoms with van der Waals surface area (Å²) in [5.41, 5.74) is 26.8. The minimum Gasteiger partial charge on any atom is -0.310 e. The predicted molar refractivity (Wildman–Crippen MR) is 313 cm³/mol. The van der Waals surface area contributed by atoms with E-state index in [9.17, 15) is 0 Å². The van der Waals surface area contributed by atoms with Crippen molar-refractivity contribution in [3.63, 3.8) is 0 Å². The number of benzene rings is 11. The molecule has 11 aromatic carbocycles. The van der Waals surface area contributed by atoms with Gasteiger partial charge in [0.1, 0.15) is 0 Å². The third-order valence-electron chi connectivity index (χ3n) is 15.9. The Balaban J connectivity index is 0.852. The van der Waals surface area contributed by atoms with Crippen LogP contribution in [-0.2, 0) is 10.8 Å². The summed E-state index contributed by atoms with van der Waals surface area (Å²) in [6.45, 7) is 9.42. The molecule has 0 aliphatic heterocycles. The molecule has 0 amide bonds. The Morgan fingerprint density at radius 2 is 0.459 bits per heavy atom. The van der Waals surface area contributed by atoms with Crippen molar-refractivity contribution < 1.29 is 0 Å². The quantitative estimate of drug-likeness (QED) is 0.135. The van der Waals surface area contributed by atoms with Crippen LogP contribution >= 0.6 is 0 Å². The second-order valence-corrected chi connectivity index (χ2v) is 20.9. The number of hydrogen-bond donors (Lipinski definition) is 0. The van der Waals surface area contributed by atoms with Crippen LogP contribution in [0.5, 0.6) is 0 Å². The second kappa shape index (κ2) is 17.9. The summed E-state index contributed by atoms with van der Waals surface area (Å²) in [6, 6.07) is 98.2. The van der Waals surface area contributed by atoms with Crippen LogP contribution in [0, 0.1) is 0 Å². The molecule has 11 aromatic rings. The van der Waals surface area contributed by atoms with E-state index in [-0.39, 0.29) is 10.8 Å². The first-order valence-electron chi connectivity index (χ1n) is 25.9. The maximum Gasteiger partial charge on any atom is 0.0465 e. The molecule has 0 spiro atoms. The first-order chi connectivity index (χ1) is 36.2. The first-order valence-corrected chi connectivity index (χ1v) is 25.9. The van der Waals surface area contributed by atoms with Gasteiger partial charge in [0.05, 0.1) is 0 Å². The molecule has 13 rings (SSSR count). The van der Waals surface area contributed by atoms with E-state index in [0.29, 0.717) is 0 Å². The number of fused-ring (bicyclic) bond motifs is 6. The van der Waals surface area contributed by atoms with Gasteiger partial charge in [-0.15, -0.1) is 0 Å². The van der Waals surface area contributed by atoms with Gasteiger partial charge in [0.15, 0.2) is 0 Å². The van der Waals surface area contributed by atoms with Crippen LogP contribution in [0.2, 0.25) is 0 Å². The fraction of sp³-hybridized carbons (Fsp3) is 0.0833. The van der Waals surface area contributed by atoms with Gasteiger partial charge < -0.3 is 9.80 Å². The summed E-state index contributed by atoms with van der Waals surface area (Å²) in [4.78, 5) is 4.81. The Labute approximate surface area is 436 Å². The summed E-state index contributed by atoms with van der Waals surface area (Å²) < 4.78 is 0. The van der Waals surface area contributed by atoms with Gasteiger partial charge in [0.25, 0.3) is 0 Å². The minimum absolute atomic E-state index is 0.116. The molecular weight excluding hydrogens is 893 g/mol. The van der Waals surface area contributed by atoms with Gasteiger partial charge >= 0.3 is 0 Å². The van der Waals surface area contributed by atoms with Gasteiger partial charge in [-0.2, -0.15) is 0 Å². The maximum absolute atomic E-state index is 2.42. The van der Waals surface area contributed by atoms with Crippen molar-refractivity contribution in [2.75, 3.05) is 9.80 Å². The standard InChI is InChI=1S/C72H56N2/c1-71(2)67-25-15-13-23-63(67)65-45-43-59(47-69(65)71)73(55-35-27-51(28-36-55)49-17-7-5-8-18-49)57-39-31-53(32-40-57)61-21-11-12-22-62(61)54-33-41-58(42-34-54)74(56-37-29-52(30-38-56)50-19-9-6-10-20-50)60-44-46-66-64-24-14-16-26-68(64)72(3,4)70(66)48-60/h5-48H,1-4H3. The summed E-state index contributed by atoms with van der Waals surface area (Å²) >= 11 is 0. The monoisotopic (exact) mass is 948 g/mol. The highest BCUT2D eigenvalue weighted by Gasteiger charge is 2.37. The number of nitrogens with zero attached hydrogens (tertiary/aromatic N) is 2. The minimum atomic E-state index is -0.116. The lowest BCUT2D eigenvalue weighted by atomic mass is 9.82. The van der Waals surface area contributed by atoms with Crippen molar-refractivity contribution in [2.24, 2.45) is 0 Å². The molecule has 0 aromatic heterocycles. The zero-order valence-corrected chi connectivity index (χ0v) is 42.3. The van der Waals surface area contributed by atoms with E-state index in [4.69, 9.17) is 0 Å². The Hall–Kier alpha value is -8.98. The van der Waals surface area contributed by atoms with E-state index in [1.165, 1.54) is 89.0 Å². The molecule has 2 heteroatoms. The smallest absolute Gasteiger partial charge is 0.0465 e. The van der Waals surface area contributed by atoms with Crippen LogP contribution in [0.25, 0.3) is 66.8 Å². The highest BCUT2D eigenvalue weighted by molar-refractivity contribution is 5.90. The zero-order valence-electron chi connectivity index (χ0n) is 42.3. The van der Waals surface area contributed by atoms with Gasteiger partial charge in [-0.05, 0) is 162 Å². The lowest BCUT2D eigenvalue weighted by Crippen LogP contribution is -2.16. The molecule has 0 N–H and O–H groups in total. The Bertz CT molecular complexity index is 3590. The number of rotatable bonds is 10. The van der Waals surface area contributed by atoms with Crippen LogP contribution < -0.4 is 9.80 Å². The van der Waals surface area contributed by atoms with Gasteiger partial charge in [-0.1, -0.05) is 222 Å². The van der Waals surface area contributed by atoms with Crippen molar-refractivity contribution in [3.05, 3.63) is 289 Å². The van der Waals surface area contributed by atoms with E-state index < -0.39 is 0 Å². The van der Waals surface area contributed by atoms with E-state index in [0.717, 1.165) is 34.1 Å². The van der Waals surface area contributed by atoms with Crippen molar-refractivity contribution >= 4 is 34.1 Å². The van der Waals surface area contributed by atoms with Gasteiger partial charge in [-0.25, -0.2) is 0 Å². The van der Waals surface area contributed by atoms with Gasteiger partial charge in [0.2, 0.25) is 0 Å². The Kier molecular flexibility index (Phi) is 10.9. The SMILES string of the molecule is CC1(C)c2ccccc2-c2ccc(N(c3ccc(-c4ccccc4)cc3)c3ccc(-c4ccccc4-c4ccc(N(c5ccc(-c6ccccc6)cc5)c5ccc6c(c5)C(C)(C)c5ccccc5-6)cc4)cc3)cc21. The molecular formula is C72H56N2. The Morgan fingerprint density at radius 3 is 0.811 bits per heavy atom. The highest BCUT2D eigenvalue weighted by atomic mass is 15.1. The Morgan fingerprint density at radius 1 is 0.203 bits per heavy atom. The van der Waals surface area contributed by atoms with Crippen molar-refractivity contribution in [3.8, 4) is 66.8 Å². The average Bonchev–Trinajstić information content (AvgIpc) is 3.83. The van der Waals surface area contributed by atoms with Gasteiger partial charge in [-0.3, -0.25) is 0 Å². The summed E-state index contributed by atoms with van der Waals surface area (Å²) in [5, 5.41) is 0. The summed E-state index contributed by atoms with van der Waals surface area (Å²) in [5.74, 6) is 0. The maximum atomic E-state index is 2.42. The summed E-state index contributed by atoms with van der Waals surface area (Å²) in [6.07, 6.45) is 0. The van der Waals surface area contributed by atoms with E-state index in [1.807, 2.05) is 0 Å². The molecule has 0 heterocycles. The van der Waals surface area contributed by atoms with Crippen LogP contribution in [-0.4, -0.2) is 0 Å². The van der Waals surface area contributed by atoms with E-state index >= 15 is 0 Å². The molecule has 0 bridgehead atoms. The van der Waals surface area contributed by atoms with Crippen LogP contribution in [0.15, 0.2) is 267 Å². The molecule has 354 valence electrons. The molecule has 0 radical (unpaired) electrons. The first kappa shape index (κ1) is 44.9. The highest BCUT2D eigenvalue weighted by Crippen LogP contribution is 2.53. The van der Waals surface area contributed by atoms with Crippen LogP contribution in [0.4, 0.5) is 34.1 Å². The largest absolute Gasteiger partial charge is 0.310 e. The fourth-order valence-corrected chi connectivity index (χ4v) is 12.0. The topological polar surface area (TPSA) is 6.48 Å². The third kappa shape index (κ3) is 7.65. The zero-order chi connectivity index (χ0) is 50.0. The molecule has 0 atom stereocenters. The van der Waals surface area contributed by atoms with E-state index in [2.05, 4.69) is 304 Å². The molecule has 2 aliphatic rings. The molecule has 0 unspecified atom stereocenters. The fourth-order valence-electron chi connectivity index (χ4n) is 12.0. The van der Waals surface area contributed by atoms with Crippen molar-refractivity contribution in [1.29, 1.82) is 0 Å². The molecule has 0 saturated carbocycles. The third-order valence-corrected chi connectivity index (χ3v) is 15.9. The molecule has 0 fully saturated rings. The average molecular weight is 949 g/mol. The predicted octanol–water partition coefficient (Wildman–Crippen LogP) is 19.9. The van der Waals surface area contributed by atoms with Crippen molar-refractivity contribution in [1.82, 2.24) is 0 Å². The normalized spacial score (nSPS) is 13.4. The van der Waals surface area contributed by atoms with E-state index in [1.54, 1.807) is 0 Å². The number of hydrogen-bond acceptors (Lipinski definition) is 2. The van der Waals surface area contributed by atoms with Crippen LogP contribution in [0.1, 0.15) is 49.9 Å². The molecule has 0 saturated heterocycles. The molecule has 74 heavy (non-hydrogen) atoms. The van der Waals surface area contributed by atoms with Crippen LogP contribution in [0.3, 0.4) is 0 Å². The van der Waals surface area contributed by atoms with Crippen molar-refractivity contribution in [2.45, 2.75) is 38.5 Å². The lowest BCUT2D eigenvalue weighted by molar-refractivity contribution is 0.660. The lowest BCUT2D eigenvalue weighted by Gasteiger charge is -2.28. The number of anilines is 6. The second-order valence-electron chi connectivity index (χ2n) is 20.9. The summed E-state index contributed by atoms with van der Waals surface area (Å²) in [7, 11) is 0.